The van der Waals surface area contributed by atoms with E-state index >= 15 is 0 Å². The molecule has 0 radical (unpaired) electrons. The van der Waals surface area contributed by atoms with Crippen molar-refractivity contribution in [3.63, 3.8) is 0 Å². The highest BCUT2D eigenvalue weighted by Crippen LogP contribution is 2.24. The molecule has 24 heavy (non-hydrogen) atoms. The average Bonchev–Trinajstić information content (AvgIpc) is 2.63. The van der Waals surface area contributed by atoms with E-state index in [-0.39, 0.29) is 5.60 Å². The summed E-state index contributed by atoms with van der Waals surface area (Å²) in [5.74, 6) is 0.797. The summed E-state index contributed by atoms with van der Waals surface area (Å²) in [4.78, 5) is 5.63. The van der Waals surface area contributed by atoms with Crippen molar-refractivity contribution in [2.24, 2.45) is 4.99 Å². The molecule has 1 heterocycles. The molecule has 6 heteroatoms. The van der Waals surface area contributed by atoms with Gasteiger partial charge in [-0.1, -0.05) is 12.1 Å². The Hall–Kier alpha value is -1.24. The Balaban J connectivity index is 1.91. The number of aryl methyl sites for hydroxylation is 1. The van der Waals surface area contributed by atoms with Gasteiger partial charge in [0.1, 0.15) is 0 Å². The first-order valence-corrected chi connectivity index (χ1v) is 9.56. The van der Waals surface area contributed by atoms with E-state index in [4.69, 9.17) is 9.47 Å². The van der Waals surface area contributed by atoms with Crippen molar-refractivity contribution in [2.45, 2.75) is 36.8 Å². The zero-order valence-electron chi connectivity index (χ0n) is 15.1. The van der Waals surface area contributed by atoms with Crippen molar-refractivity contribution in [1.29, 1.82) is 0 Å². The second kappa shape index (κ2) is 9.30. The van der Waals surface area contributed by atoms with Crippen LogP contribution in [0.15, 0.2) is 28.1 Å². The lowest BCUT2D eigenvalue weighted by atomic mass is 9.94. The van der Waals surface area contributed by atoms with E-state index in [2.05, 4.69) is 47.0 Å². The van der Waals surface area contributed by atoms with Crippen LogP contribution in [0.3, 0.4) is 0 Å². The van der Waals surface area contributed by atoms with E-state index in [1.54, 1.807) is 25.9 Å². The number of hydrogen-bond donors (Lipinski definition) is 2. The van der Waals surface area contributed by atoms with Gasteiger partial charge in [-0.15, -0.1) is 11.8 Å². The summed E-state index contributed by atoms with van der Waals surface area (Å²) >= 11 is 1.77. The molecule has 1 aliphatic heterocycles. The summed E-state index contributed by atoms with van der Waals surface area (Å²) < 4.78 is 11.2. The molecule has 1 aromatic rings. The molecule has 0 unspecified atom stereocenters. The van der Waals surface area contributed by atoms with E-state index in [1.165, 1.54) is 16.0 Å². The lowest BCUT2D eigenvalue weighted by Gasteiger charge is -2.36. The number of aliphatic imine (C=N–C) groups is 1. The molecule has 5 nitrogen and oxygen atoms in total. The standard InChI is InChI=1S/C18H29N3O2S/c1-14-5-6-15(16(11-14)24-4)12-20-17(19-2)21-13-18(22-3)7-9-23-10-8-18/h5-6,11H,7-10,12-13H2,1-4H3,(H2,19,20,21). The fraction of sp³-hybridized carbons (Fsp3) is 0.611. The van der Waals surface area contributed by atoms with Crippen LogP contribution >= 0.6 is 11.8 Å². The molecule has 1 saturated heterocycles. The van der Waals surface area contributed by atoms with Gasteiger partial charge in [0.05, 0.1) is 5.60 Å². The largest absolute Gasteiger partial charge is 0.381 e. The molecule has 1 aromatic carbocycles. The molecule has 2 rings (SSSR count). The van der Waals surface area contributed by atoms with E-state index in [0.717, 1.165) is 45.1 Å². The SMILES string of the molecule is CN=C(NCc1ccc(C)cc1SC)NCC1(OC)CCOCC1. The van der Waals surface area contributed by atoms with Crippen molar-refractivity contribution in [2.75, 3.05) is 40.2 Å². The van der Waals surface area contributed by atoms with Crippen molar-refractivity contribution in [3.05, 3.63) is 29.3 Å². The minimum atomic E-state index is -0.163. The number of methoxy groups -OCH3 is 1. The molecule has 0 bridgehead atoms. The Morgan fingerprint density at radius 1 is 1.33 bits per heavy atom. The maximum atomic E-state index is 5.76. The summed E-state index contributed by atoms with van der Waals surface area (Å²) in [5, 5.41) is 6.80. The number of nitrogens with zero attached hydrogens (tertiary/aromatic N) is 1. The lowest BCUT2D eigenvalue weighted by molar-refractivity contribution is -0.0855. The third kappa shape index (κ3) is 5.13. The molecule has 0 atom stereocenters. The van der Waals surface area contributed by atoms with E-state index < -0.39 is 0 Å². The number of thioether (sulfide) groups is 1. The van der Waals surface area contributed by atoms with Gasteiger partial charge >= 0.3 is 0 Å². The molecule has 0 saturated carbocycles. The van der Waals surface area contributed by atoms with Crippen LogP contribution in [0.2, 0.25) is 0 Å². The van der Waals surface area contributed by atoms with Gasteiger partial charge in [-0.2, -0.15) is 0 Å². The summed E-state index contributed by atoms with van der Waals surface area (Å²) in [6.07, 6.45) is 3.92. The van der Waals surface area contributed by atoms with Crippen LogP contribution in [0, 0.1) is 6.92 Å². The van der Waals surface area contributed by atoms with Crippen LogP contribution in [-0.4, -0.2) is 51.7 Å². The van der Waals surface area contributed by atoms with Crippen LogP contribution in [0.5, 0.6) is 0 Å². The predicted octanol–water partition coefficient (Wildman–Crippen LogP) is 2.58. The first kappa shape index (κ1) is 19.1. The molecule has 1 fully saturated rings. The highest BCUT2D eigenvalue weighted by molar-refractivity contribution is 7.98. The maximum absolute atomic E-state index is 5.76. The number of benzene rings is 1. The number of ether oxygens (including phenoxy) is 2. The first-order valence-electron chi connectivity index (χ1n) is 8.33. The third-order valence-corrected chi connectivity index (χ3v) is 5.35. The van der Waals surface area contributed by atoms with Gasteiger partial charge in [-0.25, -0.2) is 0 Å². The summed E-state index contributed by atoms with van der Waals surface area (Å²) in [5.41, 5.74) is 2.40. The molecule has 1 aliphatic rings. The Labute approximate surface area is 149 Å². The fourth-order valence-electron chi connectivity index (χ4n) is 2.84. The first-order chi connectivity index (χ1) is 11.6. The van der Waals surface area contributed by atoms with Gasteiger partial charge in [-0.05, 0) is 30.4 Å². The minimum absolute atomic E-state index is 0.163. The second-order valence-corrected chi connectivity index (χ2v) is 6.94. The van der Waals surface area contributed by atoms with Gasteiger partial charge in [-0.3, -0.25) is 4.99 Å². The van der Waals surface area contributed by atoms with Crippen LogP contribution < -0.4 is 10.6 Å². The average molecular weight is 352 g/mol. The smallest absolute Gasteiger partial charge is 0.191 e. The zero-order valence-corrected chi connectivity index (χ0v) is 16.0. The van der Waals surface area contributed by atoms with E-state index in [1.807, 2.05) is 0 Å². The molecule has 0 amide bonds. The van der Waals surface area contributed by atoms with Gasteiger partial charge in [0.25, 0.3) is 0 Å². The van der Waals surface area contributed by atoms with Crippen LogP contribution in [0.25, 0.3) is 0 Å². The summed E-state index contributed by atoms with van der Waals surface area (Å²) in [7, 11) is 3.57. The second-order valence-electron chi connectivity index (χ2n) is 6.09. The number of nitrogens with one attached hydrogen (secondary N) is 2. The monoisotopic (exact) mass is 351 g/mol. The third-order valence-electron chi connectivity index (χ3n) is 4.53. The molecule has 0 spiro atoms. The minimum Gasteiger partial charge on any atom is -0.381 e. The normalized spacial score (nSPS) is 17.6. The van der Waals surface area contributed by atoms with Gasteiger partial charge in [0.15, 0.2) is 5.96 Å². The Bertz CT molecular complexity index is 557. The van der Waals surface area contributed by atoms with Crippen molar-refractivity contribution in [3.8, 4) is 0 Å². The van der Waals surface area contributed by atoms with Crippen LogP contribution in [0.1, 0.15) is 24.0 Å². The highest BCUT2D eigenvalue weighted by atomic mass is 32.2. The number of rotatable bonds is 6. The maximum Gasteiger partial charge on any atom is 0.191 e. The lowest BCUT2D eigenvalue weighted by Crippen LogP contribution is -2.50. The molecular weight excluding hydrogens is 322 g/mol. The molecule has 0 aliphatic carbocycles. The fourth-order valence-corrected chi connectivity index (χ4v) is 3.54. The van der Waals surface area contributed by atoms with Crippen molar-refractivity contribution < 1.29 is 9.47 Å². The Kier molecular flexibility index (Phi) is 7.40. The molecule has 2 N–H and O–H groups in total. The van der Waals surface area contributed by atoms with Crippen molar-refractivity contribution >= 4 is 17.7 Å². The molecule has 0 aromatic heterocycles. The van der Waals surface area contributed by atoms with Gasteiger partial charge in [0.2, 0.25) is 0 Å². The topological polar surface area (TPSA) is 54.9 Å². The zero-order chi connectivity index (χ0) is 17.4. The number of hydrogen-bond acceptors (Lipinski definition) is 4. The van der Waals surface area contributed by atoms with Crippen molar-refractivity contribution in [1.82, 2.24) is 10.6 Å². The van der Waals surface area contributed by atoms with Crippen LogP contribution in [0.4, 0.5) is 0 Å². The molecule has 134 valence electrons. The van der Waals surface area contributed by atoms with Crippen LogP contribution in [-0.2, 0) is 16.0 Å². The molecular formula is C18H29N3O2S. The van der Waals surface area contributed by atoms with E-state index in [9.17, 15) is 0 Å². The predicted molar refractivity (Wildman–Crippen MR) is 101 cm³/mol. The number of guanidine groups is 1. The quantitative estimate of drug-likeness (QED) is 0.469. The van der Waals surface area contributed by atoms with E-state index in [0.29, 0.717) is 0 Å². The van der Waals surface area contributed by atoms with Gasteiger partial charge in [0, 0.05) is 58.2 Å². The summed E-state index contributed by atoms with van der Waals surface area (Å²) in [6.45, 7) is 5.11. The Morgan fingerprint density at radius 2 is 2.08 bits per heavy atom. The summed E-state index contributed by atoms with van der Waals surface area (Å²) in [6, 6.07) is 6.55. The highest BCUT2D eigenvalue weighted by Gasteiger charge is 2.32. The van der Waals surface area contributed by atoms with Gasteiger partial charge < -0.3 is 20.1 Å². The Morgan fingerprint density at radius 3 is 2.71 bits per heavy atom.